The molecule has 1 aliphatic carbocycles. The van der Waals surface area contributed by atoms with Gasteiger partial charge in [-0.15, -0.1) is 0 Å². The van der Waals surface area contributed by atoms with Crippen LogP contribution in [0.5, 0.6) is 0 Å². The van der Waals surface area contributed by atoms with Crippen molar-refractivity contribution in [1.29, 1.82) is 0 Å². The second-order valence-corrected chi connectivity index (χ2v) is 3.86. The summed E-state index contributed by atoms with van der Waals surface area (Å²) in [7, 11) is 2.98. The maximum atomic E-state index is 11.2. The minimum absolute atomic E-state index is 0.0339. The number of hydrogen-bond acceptors (Lipinski definition) is 4. The summed E-state index contributed by atoms with van der Waals surface area (Å²) in [5.41, 5.74) is 0.990. The summed E-state index contributed by atoms with van der Waals surface area (Å²) in [6.45, 7) is 0. The minimum atomic E-state index is -0.800. The van der Waals surface area contributed by atoms with Gasteiger partial charge in [-0.3, -0.25) is 9.48 Å². The summed E-state index contributed by atoms with van der Waals surface area (Å²) in [4.78, 5) is 22.0. The van der Waals surface area contributed by atoms with E-state index in [2.05, 4.69) is 9.84 Å². The number of rotatable bonds is 3. The largest absolute Gasteiger partial charge is 0.481 e. The molecular weight excluding hydrogens is 212 g/mol. The van der Waals surface area contributed by atoms with E-state index >= 15 is 0 Å². The predicted octanol–water partition coefficient (Wildman–Crippen LogP) is 0.395. The zero-order chi connectivity index (χ0) is 11.9. The van der Waals surface area contributed by atoms with Crippen LogP contribution in [0.3, 0.4) is 0 Å². The van der Waals surface area contributed by atoms with Crippen LogP contribution in [0.15, 0.2) is 6.07 Å². The Balaban J connectivity index is 2.21. The number of methoxy groups -OCH3 is 1. The maximum absolute atomic E-state index is 11.2. The van der Waals surface area contributed by atoms with E-state index in [1.807, 2.05) is 0 Å². The summed E-state index contributed by atoms with van der Waals surface area (Å²) < 4.78 is 6.09. The van der Waals surface area contributed by atoms with Gasteiger partial charge in [-0.1, -0.05) is 0 Å². The van der Waals surface area contributed by atoms with Crippen molar-refractivity contribution in [2.45, 2.75) is 12.3 Å². The Hall–Kier alpha value is -1.85. The molecule has 16 heavy (non-hydrogen) atoms. The van der Waals surface area contributed by atoms with E-state index in [-0.39, 0.29) is 17.5 Å². The molecule has 2 rings (SSSR count). The normalized spacial score (nSPS) is 22.9. The Bertz CT molecular complexity index is 452. The lowest BCUT2D eigenvalue weighted by Crippen LogP contribution is -2.04. The summed E-state index contributed by atoms with van der Waals surface area (Å²) in [5, 5.41) is 12.8. The molecule has 6 heteroatoms. The SMILES string of the molecule is COC(=O)c1cc(C2CC2C(=O)O)n(C)n1. The van der Waals surface area contributed by atoms with E-state index in [1.165, 1.54) is 7.11 Å². The van der Waals surface area contributed by atoms with Crippen molar-refractivity contribution in [1.82, 2.24) is 9.78 Å². The Kier molecular flexibility index (Phi) is 2.41. The first kappa shape index (κ1) is 10.7. The van der Waals surface area contributed by atoms with Crippen LogP contribution in [0.4, 0.5) is 0 Å². The summed E-state index contributed by atoms with van der Waals surface area (Å²) in [6, 6.07) is 1.60. The number of nitrogens with zero attached hydrogens (tertiary/aromatic N) is 2. The van der Waals surface area contributed by atoms with Crippen LogP contribution in [-0.4, -0.2) is 33.9 Å². The van der Waals surface area contributed by atoms with E-state index in [1.54, 1.807) is 17.8 Å². The number of aryl methyl sites for hydroxylation is 1. The summed E-state index contributed by atoms with van der Waals surface area (Å²) >= 11 is 0. The molecule has 0 saturated heterocycles. The molecular formula is C10H12N2O4. The van der Waals surface area contributed by atoms with Crippen LogP contribution in [0.2, 0.25) is 0 Å². The number of esters is 1. The van der Waals surface area contributed by atoms with E-state index < -0.39 is 11.9 Å². The molecule has 0 aliphatic heterocycles. The van der Waals surface area contributed by atoms with Crippen molar-refractivity contribution in [2.24, 2.45) is 13.0 Å². The highest BCUT2D eigenvalue weighted by atomic mass is 16.5. The molecule has 2 unspecified atom stereocenters. The molecule has 0 aromatic carbocycles. The van der Waals surface area contributed by atoms with E-state index in [0.29, 0.717) is 6.42 Å². The Morgan fingerprint density at radius 1 is 1.62 bits per heavy atom. The second kappa shape index (κ2) is 3.62. The second-order valence-electron chi connectivity index (χ2n) is 3.86. The smallest absolute Gasteiger partial charge is 0.358 e. The summed E-state index contributed by atoms with van der Waals surface area (Å²) in [6.07, 6.45) is 0.607. The predicted molar refractivity (Wildman–Crippen MR) is 53.0 cm³/mol. The Labute approximate surface area is 91.8 Å². The number of carbonyl (C=O) groups is 2. The van der Waals surface area contributed by atoms with Gasteiger partial charge in [-0.2, -0.15) is 5.10 Å². The highest BCUT2D eigenvalue weighted by Crippen LogP contribution is 2.47. The van der Waals surface area contributed by atoms with E-state index in [0.717, 1.165) is 5.69 Å². The number of carboxylic acid groups (broad SMARTS) is 1. The summed E-state index contributed by atoms with van der Waals surface area (Å²) in [5.74, 6) is -1.69. The van der Waals surface area contributed by atoms with Crippen molar-refractivity contribution in [3.63, 3.8) is 0 Å². The highest BCUT2D eigenvalue weighted by molar-refractivity contribution is 5.87. The van der Waals surface area contributed by atoms with E-state index in [9.17, 15) is 9.59 Å². The minimum Gasteiger partial charge on any atom is -0.481 e. The van der Waals surface area contributed by atoms with Crippen LogP contribution in [-0.2, 0) is 16.6 Å². The molecule has 0 amide bonds. The van der Waals surface area contributed by atoms with Crippen LogP contribution in [0, 0.1) is 5.92 Å². The molecule has 1 heterocycles. The zero-order valence-electron chi connectivity index (χ0n) is 9.01. The zero-order valence-corrected chi connectivity index (χ0v) is 9.01. The van der Waals surface area contributed by atoms with Gasteiger partial charge in [0.05, 0.1) is 13.0 Å². The quantitative estimate of drug-likeness (QED) is 0.751. The highest BCUT2D eigenvalue weighted by Gasteiger charge is 2.46. The monoisotopic (exact) mass is 224 g/mol. The van der Waals surface area contributed by atoms with Crippen LogP contribution < -0.4 is 0 Å². The molecule has 2 atom stereocenters. The fourth-order valence-electron chi connectivity index (χ4n) is 1.83. The number of carboxylic acids is 1. The lowest BCUT2D eigenvalue weighted by Gasteiger charge is -1.97. The number of ether oxygens (including phenoxy) is 1. The lowest BCUT2D eigenvalue weighted by molar-refractivity contribution is -0.138. The fourth-order valence-corrected chi connectivity index (χ4v) is 1.83. The van der Waals surface area contributed by atoms with Crippen molar-refractivity contribution >= 4 is 11.9 Å². The number of aromatic nitrogens is 2. The van der Waals surface area contributed by atoms with Crippen molar-refractivity contribution in [2.75, 3.05) is 7.11 Å². The molecule has 0 radical (unpaired) electrons. The molecule has 0 bridgehead atoms. The van der Waals surface area contributed by atoms with Gasteiger partial charge < -0.3 is 9.84 Å². The van der Waals surface area contributed by atoms with Gasteiger partial charge in [-0.05, 0) is 12.5 Å². The molecule has 6 nitrogen and oxygen atoms in total. The van der Waals surface area contributed by atoms with Crippen LogP contribution >= 0.6 is 0 Å². The fraction of sp³-hybridized carbons (Fsp3) is 0.500. The molecule has 0 spiro atoms. The van der Waals surface area contributed by atoms with Gasteiger partial charge in [0.15, 0.2) is 5.69 Å². The topological polar surface area (TPSA) is 81.4 Å². The van der Waals surface area contributed by atoms with E-state index in [4.69, 9.17) is 5.11 Å². The third-order valence-corrected chi connectivity index (χ3v) is 2.80. The van der Waals surface area contributed by atoms with Gasteiger partial charge in [0.25, 0.3) is 0 Å². The molecule has 1 saturated carbocycles. The average Bonchev–Trinajstić information content (AvgIpc) is 2.95. The first-order chi connectivity index (χ1) is 7.54. The first-order valence-electron chi connectivity index (χ1n) is 4.89. The van der Waals surface area contributed by atoms with Crippen molar-refractivity contribution in [3.8, 4) is 0 Å². The number of aliphatic carboxylic acids is 1. The lowest BCUT2D eigenvalue weighted by atomic mass is 10.2. The maximum Gasteiger partial charge on any atom is 0.358 e. The van der Waals surface area contributed by atoms with Crippen molar-refractivity contribution in [3.05, 3.63) is 17.5 Å². The standard InChI is InChI=1S/C10H12N2O4/c1-12-8(5-3-6(5)9(13)14)4-7(11-12)10(15)16-2/h4-6H,3H2,1-2H3,(H,13,14). The Morgan fingerprint density at radius 3 is 2.81 bits per heavy atom. The van der Waals surface area contributed by atoms with Gasteiger partial charge >= 0.3 is 11.9 Å². The van der Waals surface area contributed by atoms with Crippen LogP contribution in [0.25, 0.3) is 0 Å². The molecule has 1 aromatic rings. The van der Waals surface area contributed by atoms with Crippen molar-refractivity contribution < 1.29 is 19.4 Å². The molecule has 1 aliphatic rings. The molecule has 86 valence electrons. The van der Waals surface area contributed by atoms with Gasteiger partial charge in [0.2, 0.25) is 0 Å². The third kappa shape index (κ3) is 1.66. The third-order valence-electron chi connectivity index (χ3n) is 2.80. The number of hydrogen-bond donors (Lipinski definition) is 1. The van der Waals surface area contributed by atoms with Gasteiger partial charge in [-0.25, -0.2) is 4.79 Å². The van der Waals surface area contributed by atoms with Crippen LogP contribution in [0.1, 0.15) is 28.5 Å². The molecule has 1 N–H and O–H groups in total. The van der Waals surface area contributed by atoms with Gasteiger partial charge in [0.1, 0.15) is 0 Å². The molecule has 1 fully saturated rings. The average molecular weight is 224 g/mol. The number of carbonyl (C=O) groups excluding carboxylic acids is 1. The Morgan fingerprint density at radius 2 is 2.31 bits per heavy atom. The van der Waals surface area contributed by atoms with Gasteiger partial charge in [0, 0.05) is 18.7 Å². The molecule has 1 aromatic heterocycles. The first-order valence-corrected chi connectivity index (χ1v) is 4.89.